The minimum absolute atomic E-state index is 0.184. The van der Waals surface area contributed by atoms with Gasteiger partial charge in [-0.3, -0.25) is 14.5 Å². The zero-order valence-electron chi connectivity index (χ0n) is 14.5. The highest BCUT2D eigenvalue weighted by Crippen LogP contribution is 2.22. The van der Waals surface area contributed by atoms with Crippen LogP contribution in [0.3, 0.4) is 0 Å². The van der Waals surface area contributed by atoms with Crippen LogP contribution in [-0.2, 0) is 6.54 Å². The minimum atomic E-state index is -0.184. The van der Waals surface area contributed by atoms with E-state index in [9.17, 15) is 4.79 Å². The quantitative estimate of drug-likeness (QED) is 0.593. The van der Waals surface area contributed by atoms with Crippen molar-refractivity contribution in [1.82, 2.24) is 24.7 Å². The molecule has 7 heteroatoms. The van der Waals surface area contributed by atoms with Crippen LogP contribution in [0.1, 0.15) is 23.1 Å². The van der Waals surface area contributed by atoms with Crippen LogP contribution in [0.25, 0.3) is 22.6 Å². The predicted octanol–water partition coefficient (Wildman–Crippen LogP) is 3.40. The average molecular weight is 346 g/mol. The molecule has 1 amide bonds. The number of benzene rings is 1. The topological polar surface area (TPSA) is 88.5 Å². The summed E-state index contributed by atoms with van der Waals surface area (Å²) in [6, 6.07) is 13.0. The van der Waals surface area contributed by atoms with Gasteiger partial charge in [-0.1, -0.05) is 6.07 Å². The first-order valence-electron chi connectivity index (χ1n) is 8.41. The molecule has 26 heavy (non-hydrogen) atoms. The molecule has 0 radical (unpaired) electrons. The summed E-state index contributed by atoms with van der Waals surface area (Å²) in [6.45, 7) is 4.47. The maximum atomic E-state index is 12.6. The van der Waals surface area contributed by atoms with Gasteiger partial charge in [-0.25, -0.2) is 4.98 Å². The number of aromatic amines is 1. The second-order valence-electron chi connectivity index (χ2n) is 5.97. The molecule has 0 aliphatic carbocycles. The van der Waals surface area contributed by atoms with Crippen LogP contribution in [0.5, 0.6) is 0 Å². The molecule has 2 N–H and O–H groups in total. The fourth-order valence-corrected chi connectivity index (χ4v) is 2.88. The second-order valence-corrected chi connectivity index (χ2v) is 5.97. The van der Waals surface area contributed by atoms with Crippen molar-refractivity contribution in [3.8, 4) is 11.5 Å². The summed E-state index contributed by atoms with van der Waals surface area (Å²) in [6.07, 6.45) is 1.73. The normalized spacial score (nSPS) is 11.0. The lowest BCUT2D eigenvalue weighted by Crippen LogP contribution is -2.17. The first-order chi connectivity index (χ1) is 12.6. The third-order valence-corrected chi connectivity index (χ3v) is 4.08. The number of nitrogens with one attached hydrogen (secondary N) is 2. The first kappa shape index (κ1) is 16.0. The van der Waals surface area contributed by atoms with Crippen LogP contribution < -0.4 is 5.32 Å². The zero-order valence-corrected chi connectivity index (χ0v) is 14.5. The molecule has 7 nitrogen and oxygen atoms in total. The molecule has 0 saturated carbocycles. The van der Waals surface area contributed by atoms with Gasteiger partial charge in [-0.05, 0) is 50.2 Å². The summed E-state index contributed by atoms with van der Waals surface area (Å²) in [5.74, 6) is 0.514. The Bertz CT molecular complexity index is 1080. The van der Waals surface area contributed by atoms with Crippen molar-refractivity contribution in [1.29, 1.82) is 0 Å². The van der Waals surface area contributed by atoms with E-state index in [4.69, 9.17) is 0 Å². The van der Waals surface area contributed by atoms with E-state index in [1.165, 1.54) is 0 Å². The summed E-state index contributed by atoms with van der Waals surface area (Å²) in [4.78, 5) is 24.7. The SMILES string of the molecule is CCn1nc(C)cc1C(=O)Nc1ccc2nc(-c3ccccn3)[nH]c2c1. The number of carbonyl (C=O) groups is 1. The van der Waals surface area contributed by atoms with Gasteiger partial charge in [0.2, 0.25) is 0 Å². The lowest BCUT2D eigenvalue weighted by molar-refractivity contribution is 0.101. The molecule has 1 aromatic carbocycles. The summed E-state index contributed by atoms with van der Waals surface area (Å²) in [7, 11) is 0. The van der Waals surface area contributed by atoms with Gasteiger partial charge in [0.25, 0.3) is 5.91 Å². The monoisotopic (exact) mass is 346 g/mol. The van der Waals surface area contributed by atoms with Gasteiger partial charge >= 0.3 is 0 Å². The van der Waals surface area contributed by atoms with Crippen molar-refractivity contribution in [2.24, 2.45) is 0 Å². The van der Waals surface area contributed by atoms with E-state index in [0.29, 0.717) is 23.8 Å². The predicted molar refractivity (Wildman–Crippen MR) is 99.9 cm³/mol. The molecular formula is C19H18N6O. The van der Waals surface area contributed by atoms with Gasteiger partial charge in [0, 0.05) is 18.4 Å². The fourth-order valence-electron chi connectivity index (χ4n) is 2.88. The van der Waals surface area contributed by atoms with Crippen LogP contribution >= 0.6 is 0 Å². The largest absolute Gasteiger partial charge is 0.337 e. The Balaban J connectivity index is 1.62. The number of hydrogen-bond donors (Lipinski definition) is 2. The van der Waals surface area contributed by atoms with Gasteiger partial charge in [-0.15, -0.1) is 0 Å². The van der Waals surface area contributed by atoms with Crippen LogP contribution in [-0.4, -0.2) is 30.6 Å². The molecule has 0 aliphatic heterocycles. The first-order valence-corrected chi connectivity index (χ1v) is 8.41. The average Bonchev–Trinajstić information content (AvgIpc) is 3.25. The number of rotatable bonds is 4. The van der Waals surface area contributed by atoms with E-state index >= 15 is 0 Å². The Morgan fingerprint density at radius 2 is 2.12 bits per heavy atom. The van der Waals surface area contributed by atoms with Gasteiger partial charge in [0.1, 0.15) is 11.4 Å². The molecule has 0 spiro atoms. The van der Waals surface area contributed by atoms with E-state index in [2.05, 4.69) is 25.4 Å². The van der Waals surface area contributed by atoms with Crippen molar-refractivity contribution in [3.63, 3.8) is 0 Å². The third-order valence-electron chi connectivity index (χ3n) is 4.08. The van der Waals surface area contributed by atoms with Gasteiger partial charge in [0.05, 0.1) is 16.7 Å². The van der Waals surface area contributed by atoms with E-state index in [0.717, 1.165) is 22.4 Å². The fraction of sp³-hybridized carbons (Fsp3) is 0.158. The summed E-state index contributed by atoms with van der Waals surface area (Å²) in [5, 5.41) is 7.24. The standard InChI is InChI=1S/C19H18N6O/c1-3-25-17(10-12(2)24-25)19(26)21-13-7-8-14-16(11-13)23-18(22-14)15-6-4-5-9-20-15/h4-11H,3H2,1-2H3,(H,21,26)(H,22,23). The molecule has 0 atom stereocenters. The number of aryl methyl sites for hydroxylation is 2. The molecule has 0 aliphatic rings. The lowest BCUT2D eigenvalue weighted by atomic mass is 10.2. The minimum Gasteiger partial charge on any atom is -0.337 e. The van der Waals surface area contributed by atoms with Gasteiger partial charge in [-0.2, -0.15) is 5.10 Å². The highest BCUT2D eigenvalue weighted by Gasteiger charge is 2.14. The number of imidazole rings is 1. The molecular weight excluding hydrogens is 328 g/mol. The number of hydrogen-bond acceptors (Lipinski definition) is 4. The number of pyridine rings is 1. The van der Waals surface area contributed by atoms with Crippen molar-refractivity contribution in [2.45, 2.75) is 20.4 Å². The van der Waals surface area contributed by atoms with E-state index < -0.39 is 0 Å². The lowest BCUT2D eigenvalue weighted by Gasteiger charge is -2.06. The highest BCUT2D eigenvalue weighted by atomic mass is 16.2. The van der Waals surface area contributed by atoms with E-state index in [1.807, 2.05) is 50.2 Å². The Labute approximate surface area is 150 Å². The van der Waals surface area contributed by atoms with E-state index in [-0.39, 0.29) is 5.91 Å². The molecule has 4 aromatic rings. The number of aromatic nitrogens is 5. The zero-order chi connectivity index (χ0) is 18.1. The van der Waals surface area contributed by atoms with E-state index in [1.54, 1.807) is 16.9 Å². The molecule has 130 valence electrons. The molecule has 3 heterocycles. The van der Waals surface area contributed by atoms with Gasteiger partial charge < -0.3 is 10.3 Å². The number of amides is 1. The summed E-state index contributed by atoms with van der Waals surface area (Å²) < 4.78 is 1.69. The van der Waals surface area contributed by atoms with Gasteiger partial charge in [0.15, 0.2) is 5.82 Å². The van der Waals surface area contributed by atoms with Crippen LogP contribution in [0, 0.1) is 6.92 Å². The molecule has 4 rings (SSSR count). The Morgan fingerprint density at radius 3 is 2.88 bits per heavy atom. The Hall–Kier alpha value is -3.48. The molecule has 0 bridgehead atoms. The van der Waals surface area contributed by atoms with Crippen molar-refractivity contribution < 1.29 is 4.79 Å². The molecule has 0 fully saturated rings. The van der Waals surface area contributed by atoms with Crippen molar-refractivity contribution >= 4 is 22.6 Å². The van der Waals surface area contributed by atoms with Crippen molar-refractivity contribution in [2.75, 3.05) is 5.32 Å². The summed E-state index contributed by atoms with van der Waals surface area (Å²) >= 11 is 0. The molecule has 0 saturated heterocycles. The van der Waals surface area contributed by atoms with Crippen LogP contribution in [0.15, 0.2) is 48.7 Å². The second kappa shape index (κ2) is 6.44. The maximum absolute atomic E-state index is 12.6. The molecule has 3 aromatic heterocycles. The highest BCUT2D eigenvalue weighted by molar-refractivity contribution is 6.04. The smallest absolute Gasteiger partial charge is 0.273 e. The third kappa shape index (κ3) is 2.95. The number of H-pyrrole nitrogens is 1. The number of fused-ring (bicyclic) bond motifs is 1. The molecule has 0 unspecified atom stereocenters. The van der Waals surface area contributed by atoms with Crippen molar-refractivity contribution in [3.05, 3.63) is 60.0 Å². The van der Waals surface area contributed by atoms with Crippen LogP contribution in [0.4, 0.5) is 5.69 Å². The summed E-state index contributed by atoms with van der Waals surface area (Å²) in [5.41, 5.74) is 4.49. The number of anilines is 1. The number of nitrogens with zero attached hydrogens (tertiary/aromatic N) is 4. The maximum Gasteiger partial charge on any atom is 0.273 e. The number of carbonyl (C=O) groups excluding carboxylic acids is 1. The van der Waals surface area contributed by atoms with Crippen LogP contribution in [0.2, 0.25) is 0 Å². The Morgan fingerprint density at radius 1 is 1.23 bits per heavy atom. The Kier molecular flexibility index (Phi) is 3.96.